The second-order valence-corrected chi connectivity index (χ2v) is 6.65. The molecule has 4 rings (SSSR count). The highest BCUT2D eigenvalue weighted by Gasteiger charge is 2.24. The number of H-pyrrole nitrogens is 1. The Morgan fingerprint density at radius 3 is 2.50 bits per heavy atom. The number of hydrazine groups is 1. The molecule has 3 N–H and O–H groups in total. The Hall–Kier alpha value is -4.27. The van der Waals surface area contributed by atoms with Gasteiger partial charge >= 0.3 is 0 Å². The Kier molecular flexibility index (Phi) is 5.08. The van der Waals surface area contributed by atoms with Crippen LogP contribution in [0.5, 0.6) is 0 Å². The summed E-state index contributed by atoms with van der Waals surface area (Å²) in [5, 5.41) is 10.4. The highest BCUT2D eigenvalue weighted by molar-refractivity contribution is 6.05. The van der Waals surface area contributed by atoms with Crippen molar-refractivity contribution in [3.05, 3.63) is 76.6 Å². The van der Waals surface area contributed by atoms with Crippen LogP contribution in [0.25, 0.3) is 11.3 Å². The van der Waals surface area contributed by atoms with Gasteiger partial charge in [0.2, 0.25) is 11.8 Å². The number of aromatic nitrogens is 2. The number of carbonyl (C=O) groups is 3. The zero-order valence-electron chi connectivity index (χ0n) is 15.7. The molecule has 3 amide bonds. The van der Waals surface area contributed by atoms with Gasteiger partial charge in [-0.05, 0) is 42.5 Å². The van der Waals surface area contributed by atoms with Gasteiger partial charge in [0.05, 0.1) is 11.4 Å². The fourth-order valence-electron chi connectivity index (χ4n) is 3.01. The molecule has 0 spiro atoms. The van der Waals surface area contributed by atoms with E-state index in [1.165, 1.54) is 11.1 Å². The van der Waals surface area contributed by atoms with Crippen molar-refractivity contribution >= 4 is 29.1 Å². The van der Waals surface area contributed by atoms with Gasteiger partial charge in [-0.2, -0.15) is 5.10 Å². The summed E-state index contributed by atoms with van der Waals surface area (Å²) in [6, 6.07) is 16.4. The summed E-state index contributed by atoms with van der Waals surface area (Å²) in [4.78, 5) is 47.3. The van der Waals surface area contributed by atoms with Crippen LogP contribution in [0.4, 0.5) is 11.4 Å². The number of hydrogen-bond donors (Lipinski definition) is 3. The van der Waals surface area contributed by atoms with Gasteiger partial charge in [0.25, 0.3) is 11.5 Å². The first-order valence-electron chi connectivity index (χ1n) is 9.20. The first kappa shape index (κ1) is 19.1. The Bertz CT molecular complexity index is 1170. The predicted octanol–water partition coefficient (Wildman–Crippen LogP) is 1.85. The lowest BCUT2D eigenvalue weighted by Crippen LogP contribution is -2.50. The number of anilines is 2. The summed E-state index contributed by atoms with van der Waals surface area (Å²) in [5.74, 6) is -0.769. The van der Waals surface area contributed by atoms with E-state index in [0.717, 1.165) is 5.56 Å². The lowest BCUT2D eigenvalue weighted by Gasteiger charge is -2.27. The summed E-state index contributed by atoms with van der Waals surface area (Å²) in [6.07, 6.45) is 0.318. The van der Waals surface area contributed by atoms with Crippen molar-refractivity contribution < 1.29 is 14.4 Å². The van der Waals surface area contributed by atoms with Crippen LogP contribution in [0, 0.1) is 0 Å². The highest BCUT2D eigenvalue weighted by atomic mass is 16.2. The second-order valence-electron chi connectivity index (χ2n) is 6.65. The first-order valence-corrected chi connectivity index (χ1v) is 9.20. The molecule has 2 aromatic carbocycles. The summed E-state index contributed by atoms with van der Waals surface area (Å²) < 4.78 is 0. The van der Waals surface area contributed by atoms with Crippen molar-refractivity contribution in [3.63, 3.8) is 0 Å². The van der Waals surface area contributed by atoms with Gasteiger partial charge in [0, 0.05) is 35.7 Å². The van der Waals surface area contributed by atoms with Crippen LogP contribution >= 0.6 is 0 Å². The SMILES string of the molecule is O=C1CCC(=O)N(c2ccc(C(=O)Nc3cccc(-c4ccc(=O)[nH]n4)c3)cc2)N1. The molecule has 0 saturated carbocycles. The third-order valence-corrected chi connectivity index (χ3v) is 4.53. The Balaban J connectivity index is 1.48. The first-order chi connectivity index (χ1) is 14.5. The van der Waals surface area contributed by atoms with E-state index in [4.69, 9.17) is 0 Å². The maximum absolute atomic E-state index is 12.6. The van der Waals surface area contributed by atoms with E-state index in [0.29, 0.717) is 22.6 Å². The highest BCUT2D eigenvalue weighted by Crippen LogP contribution is 2.21. The summed E-state index contributed by atoms with van der Waals surface area (Å²) in [6.45, 7) is 0. The van der Waals surface area contributed by atoms with Gasteiger partial charge in [-0.25, -0.2) is 10.1 Å². The molecular formula is C21H17N5O4. The number of benzene rings is 2. The number of nitrogens with one attached hydrogen (secondary N) is 3. The standard InChI is InChI=1S/C21H17N5O4/c27-18-9-8-17(23-24-18)14-2-1-3-15(12-14)22-21(30)13-4-6-16(7-5-13)26-20(29)11-10-19(28)25-26/h1-9,12H,10-11H2,(H,22,30)(H,24,27)(H,25,28). The van der Waals surface area contributed by atoms with Crippen LogP contribution in [0.3, 0.4) is 0 Å². The van der Waals surface area contributed by atoms with Gasteiger partial charge in [0.15, 0.2) is 0 Å². The van der Waals surface area contributed by atoms with Gasteiger partial charge in [0.1, 0.15) is 0 Å². The molecule has 0 atom stereocenters. The zero-order valence-corrected chi connectivity index (χ0v) is 15.7. The number of carbonyl (C=O) groups excluding carboxylic acids is 3. The Labute approximate surface area is 170 Å². The predicted molar refractivity (Wildman–Crippen MR) is 110 cm³/mol. The molecule has 0 bridgehead atoms. The second kappa shape index (κ2) is 8.00. The quantitative estimate of drug-likeness (QED) is 0.613. The molecule has 9 nitrogen and oxygen atoms in total. The smallest absolute Gasteiger partial charge is 0.264 e. The van der Waals surface area contributed by atoms with Crippen molar-refractivity contribution in [2.75, 3.05) is 10.3 Å². The molecule has 0 radical (unpaired) electrons. The molecule has 0 unspecified atom stereocenters. The van der Waals surface area contributed by atoms with E-state index >= 15 is 0 Å². The molecule has 2 heterocycles. The van der Waals surface area contributed by atoms with E-state index in [-0.39, 0.29) is 36.1 Å². The fraction of sp³-hybridized carbons (Fsp3) is 0.0952. The van der Waals surface area contributed by atoms with E-state index in [1.807, 2.05) is 6.07 Å². The number of hydrogen-bond acceptors (Lipinski definition) is 5. The molecule has 30 heavy (non-hydrogen) atoms. The lowest BCUT2D eigenvalue weighted by molar-refractivity contribution is -0.130. The molecule has 1 saturated heterocycles. The third kappa shape index (κ3) is 4.09. The maximum Gasteiger partial charge on any atom is 0.264 e. The van der Waals surface area contributed by atoms with Crippen molar-refractivity contribution in [1.29, 1.82) is 0 Å². The topological polar surface area (TPSA) is 124 Å². The van der Waals surface area contributed by atoms with E-state index in [1.54, 1.807) is 48.5 Å². The molecule has 9 heteroatoms. The minimum atomic E-state index is -0.331. The van der Waals surface area contributed by atoms with Crippen LogP contribution in [0.2, 0.25) is 0 Å². The lowest BCUT2D eigenvalue weighted by atomic mass is 10.1. The number of amides is 3. The molecular weight excluding hydrogens is 386 g/mol. The van der Waals surface area contributed by atoms with Crippen LogP contribution in [-0.2, 0) is 9.59 Å². The average Bonchev–Trinajstić information content (AvgIpc) is 2.76. The van der Waals surface area contributed by atoms with Crippen molar-refractivity contribution in [3.8, 4) is 11.3 Å². The fourth-order valence-corrected chi connectivity index (χ4v) is 3.01. The van der Waals surface area contributed by atoms with E-state index < -0.39 is 0 Å². The molecule has 1 fully saturated rings. The van der Waals surface area contributed by atoms with Crippen LogP contribution in [0.15, 0.2) is 65.5 Å². The number of nitrogens with zero attached hydrogens (tertiary/aromatic N) is 2. The van der Waals surface area contributed by atoms with E-state index in [9.17, 15) is 19.2 Å². The minimum Gasteiger partial charge on any atom is -0.322 e. The summed E-state index contributed by atoms with van der Waals surface area (Å²) >= 11 is 0. The molecule has 1 aromatic heterocycles. The van der Waals surface area contributed by atoms with Crippen molar-refractivity contribution in [2.24, 2.45) is 0 Å². The van der Waals surface area contributed by atoms with Gasteiger partial charge < -0.3 is 5.32 Å². The Morgan fingerprint density at radius 1 is 0.967 bits per heavy atom. The summed E-state index contributed by atoms with van der Waals surface area (Å²) in [5.41, 5.74) is 4.96. The molecule has 1 aliphatic rings. The van der Waals surface area contributed by atoms with Gasteiger partial charge in [-0.1, -0.05) is 12.1 Å². The number of aromatic amines is 1. The van der Waals surface area contributed by atoms with Crippen LogP contribution in [0.1, 0.15) is 23.2 Å². The molecule has 150 valence electrons. The Morgan fingerprint density at radius 2 is 1.77 bits per heavy atom. The maximum atomic E-state index is 12.6. The monoisotopic (exact) mass is 403 g/mol. The van der Waals surface area contributed by atoms with Crippen LogP contribution in [-0.4, -0.2) is 27.9 Å². The van der Waals surface area contributed by atoms with Crippen molar-refractivity contribution in [2.45, 2.75) is 12.8 Å². The molecule has 0 aliphatic carbocycles. The van der Waals surface area contributed by atoms with E-state index in [2.05, 4.69) is 20.9 Å². The largest absolute Gasteiger partial charge is 0.322 e. The van der Waals surface area contributed by atoms with Crippen LogP contribution < -0.4 is 21.3 Å². The average molecular weight is 403 g/mol. The van der Waals surface area contributed by atoms with Gasteiger partial charge in [-0.3, -0.25) is 24.6 Å². The van der Waals surface area contributed by atoms with Crippen molar-refractivity contribution in [1.82, 2.24) is 15.6 Å². The molecule has 1 aliphatic heterocycles. The van der Waals surface area contributed by atoms with Gasteiger partial charge in [-0.15, -0.1) is 0 Å². The summed E-state index contributed by atoms with van der Waals surface area (Å²) in [7, 11) is 0. The number of rotatable bonds is 4. The third-order valence-electron chi connectivity index (χ3n) is 4.53. The molecule has 3 aromatic rings. The zero-order chi connectivity index (χ0) is 21.1. The normalized spacial score (nSPS) is 13.7. The minimum absolute atomic E-state index is 0.147.